The number of nitrogens with one attached hydrogen (secondary N) is 1. The maximum atomic E-state index is 13.2. The Labute approximate surface area is 207 Å². The van der Waals surface area contributed by atoms with Crippen LogP contribution in [0.1, 0.15) is 26.3 Å². The number of carbonyl (C=O) groups excluding carboxylic acids is 2. The molecule has 0 unspecified atom stereocenters. The smallest absolute Gasteiger partial charge is 0.343 e. The van der Waals surface area contributed by atoms with Crippen molar-refractivity contribution in [2.45, 2.75) is 6.61 Å². The zero-order valence-corrected chi connectivity index (χ0v) is 19.5. The molecule has 5 aromatic carbocycles. The summed E-state index contributed by atoms with van der Waals surface area (Å²) in [5, 5.41) is 16.3. The van der Waals surface area contributed by atoms with Crippen LogP contribution >= 0.6 is 0 Å². The van der Waals surface area contributed by atoms with Crippen LogP contribution in [0.2, 0.25) is 0 Å². The van der Waals surface area contributed by atoms with E-state index in [-0.39, 0.29) is 17.9 Å². The van der Waals surface area contributed by atoms with Gasteiger partial charge in [0.25, 0.3) is 5.91 Å². The molecule has 0 fully saturated rings. The highest BCUT2D eigenvalue weighted by Crippen LogP contribution is 2.30. The zero-order valence-electron chi connectivity index (χ0n) is 19.5. The Morgan fingerprint density at radius 1 is 0.722 bits per heavy atom. The highest BCUT2D eigenvalue weighted by atomic mass is 16.5. The van der Waals surface area contributed by atoms with Crippen LogP contribution in [0.5, 0.6) is 11.5 Å². The van der Waals surface area contributed by atoms with Gasteiger partial charge < -0.3 is 19.9 Å². The van der Waals surface area contributed by atoms with E-state index in [9.17, 15) is 14.7 Å². The van der Waals surface area contributed by atoms with Crippen LogP contribution in [0.25, 0.3) is 21.5 Å². The summed E-state index contributed by atoms with van der Waals surface area (Å²) in [6.07, 6.45) is 0. The van der Waals surface area contributed by atoms with Crippen molar-refractivity contribution in [1.82, 2.24) is 0 Å². The van der Waals surface area contributed by atoms with E-state index in [0.29, 0.717) is 22.6 Å². The Morgan fingerprint density at radius 2 is 1.28 bits per heavy atom. The van der Waals surface area contributed by atoms with Gasteiger partial charge in [-0.3, -0.25) is 4.79 Å². The van der Waals surface area contributed by atoms with Crippen molar-refractivity contribution >= 4 is 39.1 Å². The van der Waals surface area contributed by atoms with Gasteiger partial charge in [0.15, 0.2) is 5.75 Å². The molecule has 0 aromatic heterocycles. The number of hydrogen-bond acceptors (Lipinski definition) is 5. The second-order valence-electron chi connectivity index (χ2n) is 8.25. The highest BCUT2D eigenvalue weighted by molar-refractivity contribution is 6.09. The van der Waals surface area contributed by atoms with Crippen molar-refractivity contribution in [3.63, 3.8) is 0 Å². The summed E-state index contributed by atoms with van der Waals surface area (Å²) in [5.41, 5.74) is 1.40. The van der Waals surface area contributed by atoms with E-state index in [1.54, 1.807) is 42.5 Å². The van der Waals surface area contributed by atoms with Crippen LogP contribution in [-0.2, 0) is 6.61 Å². The molecule has 0 aliphatic carbocycles. The molecule has 0 heterocycles. The van der Waals surface area contributed by atoms with Gasteiger partial charge in [0.05, 0.1) is 30.5 Å². The number of benzene rings is 5. The summed E-state index contributed by atoms with van der Waals surface area (Å²) in [6.45, 7) is -0.310. The van der Waals surface area contributed by atoms with Gasteiger partial charge in [0, 0.05) is 0 Å². The molecule has 0 aliphatic heterocycles. The minimum atomic E-state index is -0.630. The van der Waals surface area contributed by atoms with Gasteiger partial charge in [-0.25, -0.2) is 4.79 Å². The van der Waals surface area contributed by atoms with Crippen molar-refractivity contribution in [2.24, 2.45) is 0 Å². The van der Waals surface area contributed by atoms with Crippen LogP contribution in [0.3, 0.4) is 0 Å². The predicted molar refractivity (Wildman–Crippen MR) is 140 cm³/mol. The molecule has 36 heavy (non-hydrogen) atoms. The van der Waals surface area contributed by atoms with Crippen molar-refractivity contribution in [3.8, 4) is 11.5 Å². The molecule has 0 bridgehead atoms. The summed E-state index contributed by atoms with van der Waals surface area (Å²) in [4.78, 5) is 26.4. The first-order chi connectivity index (χ1) is 17.6. The minimum absolute atomic E-state index is 0.188. The molecular formula is C30H23NO5. The van der Waals surface area contributed by atoms with Crippen LogP contribution in [0, 0.1) is 0 Å². The summed E-state index contributed by atoms with van der Waals surface area (Å²) in [6, 6.07) is 29.0. The fourth-order valence-electron chi connectivity index (χ4n) is 4.18. The summed E-state index contributed by atoms with van der Waals surface area (Å²) < 4.78 is 11.1. The van der Waals surface area contributed by atoms with Crippen LogP contribution < -0.4 is 14.8 Å². The Morgan fingerprint density at radius 3 is 1.92 bits per heavy atom. The quantitative estimate of drug-likeness (QED) is 0.233. The third kappa shape index (κ3) is 4.50. The minimum Gasteiger partial charge on any atom is -0.496 e. The van der Waals surface area contributed by atoms with Gasteiger partial charge in [-0.05, 0) is 63.5 Å². The van der Waals surface area contributed by atoms with E-state index >= 15 is 0 Å². The molecule has 5 rings (SSSR count). The topological polar surface area (TPSA) is 84.9 Å². The molecule has 178 valence electrons. The van der Waals surface area contributed by atoms with Gasteiger partial charge in [-0.15, -0.1) is 0 Å². The Kier molecular flexibility index (Phi) is 6.34. The number of methoxy groups -OCH3 is 1. The van der Waals surface area contributed by atoms with E-state index in [4.69, 9.17) is 9.47 Å². The van der Waals surface area contributed by atoms with Crippen LogP contribution in [0.15, 0.2) is 97.1 Å². The molecule has 2 N–H and O–H groups in total. The number of aliphatic hydroxyl groups is 1. The third-order valence-corrected chi connectivity index (χ3v) is 6.01. The summed E-state index contributed by atoms with van der Waals surface area (Å²) in [5.74, 6) is -0.408. The molecule has 5 aromatic rings. The zero-order chi connectivity index (χ0) is 25.1. The molecule has 0 spiro atoms. The molecule has 6 nitrogen and oxygen atoms in total. The molecule has 0 aliphatic rings. The molecule has 0 saturated carbocycles. The first kappa shape index (κ1) is 23.1. The fraction of sp³-hybridized carbons (Fsp3) is 0.0667. The second kappa shape index (κ2) is 9.90. The van der Waals surface area contributed by atoms with Crippen molar-refractivity contribution in [1.29, 1.82) is 0 Å². The van der Waals surface area contributed by atoms with Crippen LogP contribution in [-0.4, -0.2) is 24.1 Å². The second-order valence-corrected chi connectivity index (χ2v) is 8.25. The van der Waals surface area contributed by atoms with E-state index in [2.05, 4.69) is 5.32 Å². The lowest BCUT2D eigenvalue weighted by atomic mass is 10.0. The SMILES string of the molecule is COc1cc2ccccc2cc1C(=O)Nc1ccccc1OC(=O)c1cc2ccccc2cc1CO. The molecule has 6 heteroatoms. The normalized spacial score (nSPS) is 10.8. The number of fused-ring (bicyclic) bond motifs is 2. The average Bonchev–Trinajstić information content (AvgIpc) is 2.92. The molecular weight excluding hydrogens is 454 g/mol. The van der Waals surface area contributed by atoms with Crippen molar-refractivity contribution < 1.29 is 24.2 Å². The number of carbonyl (C=O) groups is 2. The third-order valence-electron chi connectivity index (χ3n) is 6.01. The molecule has 0 atom stereocenters. The lowest BCUT2D eigenvalue weighted by Crippen LogP contribution is -2.16. The number of aliphatic hydroxyl groups excluding tert-OH is 1. The Hall–Kier alpha value is -4.68. The van der Waals surface area contributed by atoms with E-state index in [0.717, 1.165) is 21.5 Å². The van der Waals surface area contributed by atoms with E-state index in [1.807, 2.05) is 54.6 Å². The fourth-order valence-corrected chi connectivity index (χ4v) is 4.18. The van der Waals surface area contributed by atoms with Gasteiger partial charge >= 0.3 is 5.97 Å². The average molecular weight is 478 g/mol. The molecule has 0 radical (unpaired) electrons. The number of rotatable bonds is 6. The van der Waals surface area contributed by atoms with E-state index in [1.165, 1.54) is 7.11 Å². The number of esters is 1. The van der Waals surface area contributed by atoms with Gasteiger partial charge in [0.1, 0.15) is 5.75 Å². The number of hydrogen-bond donors (Lipinski definition) is 2. The van der Waals surface area contributed by atoms with Gasteiger partial charge in [-0.2, -0.15) is 0 Å². The monoisotopic (exact) mass is 477 g/mol. The standard InChI is InChI=1S/C30H23NO5/c1-35-28-17-22-11-5-4-10-21(22)16-25(28)29(33)31-26-12-6-7-13-27(26)36-30(34)24-15-20-9-3-2-8-19(20)14-23(24)18-32/h2-17,32H,18H2,1H3,(H,31,33). The predicted octanol–water partition coefficient (Wildman–Crippen LogP) is 5.97. The van der Waals surface area contributed by atoms with Crippen molar-refractivity contribution in [3.05, 3.63) is 114 Å². The van der Waals surface area contributed by atoms with Crippen LogP contribution in [0.4, 0.5) is 5.69 Å². The maximum Gasteiger partial charge on any atom is 0.343 e. The van der Waals surface area contributed by atoms with Gasteiger partial charge in [-0.1, -0.05) is 60.7 Å². The lowest BCUT2D eigenvalue weighted by molar-refractivity contribution is 0.0731. The Balaban J connectivity index is 1.44. The highest BCUT2D eigenvalue weighted by Gasteiger charge is 2.19. The number of para-hydroxylation sites is 2. The summed E-state index contributed by atoms with van der Waals surface area (Å²) in [7, 11) is 1.51. The van der Waals surface area contributed by atoms with E-state index < -0.39 is 11.9 Å². The molecule has 1 amide bonds. The first-order valence-corrected chi connectivity index (χ1v) is 11.4. The Bertz CT molecular complexity index is 1490. The lowest BCUT2D eigenvalue weighted by Gasteiger charge is -2.14. The maximum absolute atomic E-state index is 13.2. The molecule has 0 saturated heterocycles. The van der Waals surface area contributed by atoms with Gasteiger partial charge in [0.2, 0.25) is 0 Å². The number of amides is 1. The number of ether oxygens (including phenoxy) is 2. The number of anilines is 1. The first-order valence-electron chi connectivity index (χ1n) is 11.4. The largest absolute Gasteiger partial charge is 0.496 e. The van der Waals surface area contributed by atoms with Crippen molar-refractivity contribution in [2.75, 3.05) is 12.4 Å². The summed E-state index contributed by atoms with van der Waals surface area (Å²) >= 11 is 0.